The number of aromatic nitrogens is 3. The summed E-state index contributed by atoms with van der Waals surface area (Å²) in [5, 5.41) is 18.0. The highest BCUT2D eigenvalue weighted by atomic mass is 15.1. The standard InChI is InChI=1S/C15H18N6/c1-3-20(4-2)7-5-8-21-9-6-12-15(21)19-14(11-17)13(10-16)18-12/h6,9H,3-5,7-8H2,1-2H3. The van der Waals surface area contributed by atoms with Gasteiger partial charge < -0.3 is 9.47 Å². The Hall–Kier alpha value is -2.44. The van der Waals surface area contributed by atoms with Crippen molar-refractivity contribution in [3.8, 4) is 12.1 Å². The lowest BCUT2D eigenvalue weighted by Crippen LogP contribution is -2.24. The minimum atomic E-state index is 0.0888. The van der Waals surface area contributed by atoms with Gasteiger partial charge in [-0.15, -0.1) is 0 Å². The van der Waals surface area contributed by atoms with Crippen LogP contribution in [0.25, 0.3) is 11.2 Å². The summed E-state index contributed by atoms with van der Waals surface area (Å²) in [5.74, 6) is 0. The first-order chi connectivity index (χ1) is 10.2. The summed E-state index contributed by atoms with van der Waals surface area (Å²) >= 11 is 0. The van der Waals surface area contributed by atoms with Crippen molar-refractivity contribution in [1.29, 1.82) is 10.5 Å². The van der Waals surface area contributed by atoms with Gasteiger partial charge in [0.25, 0.3) is 0 Å². The summed E-state index contributed by atoms with van der Waals surface area (Å²) in [6.45, 7) is 8.26. The van der Waals surface area contributed by atoms with E-state index < -0.39 is 0 Å². The molecule has 2 aromatic heterocycles. The third kappa shape index (κ3) is 3.18. The zero-order valence-electron chi connectivity index (χ0n) is 12.4. The zero-order chi connectivity index (χ0) is 15.2. The maximum Gasteiger partial charge on any atom is 0.179 e. The van der Waals surface area contributed by atoms with Crippen molar-refractivity contribution >= 4 is 11.2 Å². The molecule has 0 amide bonds. The molecule has 2 aromatic rings. The van der Waals surface area contributed by atoms with Crippen LogP contribution in [0.1, 0.15) is 31.7 Å². The molecular weight excluding hydrogens is 264 g/mol. The minimum Gasteiger partial charge on any atom is -0.331 e. The molecule has 0 N–H and O–H groups in total. The molecule has 2 heterocycles. The van der Waals surface area contributed by atoms with Gasteiger partial charge in [-0.1, -0.05) is 13.8 Å². The molecule has 0 saturated carbocycles. The second-order valence-electron chi connectivity index (χ2n) is 4.74. The molecule has 0 aliphatic heterocycles. The third-order valence-corrected chi connectivity index (χ3v) is 3.57. The first-order valence-corrected chi connectivity index (χ1v) is 7.12. The molecule has 0 fully saturated rings. The summed E-state index contributed by atoms with van der Waals surface area (Å²) in [5.41, 5.74) is 1.51. The highest BCUT2D eigenvalue weighted by Crippen LogP contribution is 2.14. The molecule has 108 valence electrons. The van der Waals surface area contributed by atoms with Gasteiger partial charge in [0.15, 0.2) is 17.0 Å². The molecule has 21 heavy (non-hydrogen) atoms. The van der Waals surface area contributed by atoms with Crippen LogP contribution in [0.5, 0.6) is 0 Å². The van der Waals surface area contributed by atoms with Crippen molar-refractivity contribution < 1.29 is 0 Å². The Labute approximate surface area is 124 Å². The van der Waals surface area contributed by atoms with Gasteiger partial charge in [0, 0.05) is 12.7 Å². The Balaban J connectivity index is 2.19. The predicted octanol–water partition coefficient (Wildman–Crippen LogP) is 1.91. The molecule has 0 unspecified atom stereocenters. The van der Waals surface area contributed by atoms with Crippen LogP contribution in [0.4, 0.5) is 0 Å². The van der Waals surface area contributed by atoms with E-state index in [0.29, 0.717) is 11.2 Å². The molecule has 0 aromatic carbocycles. The lowest BCUT2D eigenvalue weighted by atomic mass is 10.3. The highest BCUT2D eigenvalue weighted by Gasteiger charge is 2.11. The molecule has 0 spiro atoms. The van der Waals surface area contributed by atoms with Crippen molar-refractivity contribution in [2.45, 2.75) is 26.8 Å². The van der Waals surface area contributed by atoms with E-state index in [1.165, 1.54) is 0 Å². The van der Waals surface area contributed by atoms with Crippen LogP contribution in [0.3, 0.4) is 0 Å². The topological polar surface area (TPSA) is 81.5 Å². The van der Waals surface area contributed by atoms with E-state index >= 15 is 0 Å². The second-order valence-corrected chi connectivity index (χ2v) is 4.74. The molecule has 2 rings (SSSR count). The zero-order valence-corrected chi connectivity index (χ0v) is 12.4. The van der Waals surface area contributed by atoms with Crippen LogP contribution in [-0.4, -0.2) is 39.1 Å². The summed E-state index contributed by atoms with van der Waals surface area (Å²) in [4.78, 5) is 10.8. The van der Waals surface area contributed by atoms with E-state index in [9.17, 15) is 0 Å². The van der Waals surface area contributed by atoms with E-state index in [1.807, 2.05) is 29.0 Å². The molecule has 6 heteroatoms. The molecule has 0 bridgehead atoms. The molecule has 6 nitrogen and oxygen atoms in total. The first kappa shape index (κ1) is 15.0. The molecule has 0 aliphatic carbocycles. The van der Waals surface area contributed by atoms with E-state index in [1.54, 1.807) is 0 Å². The smallest absolute Gasteiger partial charge is 0.179 e. The Kier molecular flexibility index (Phi) is 4.86. The molecule has 0 radical (unpaired) electrons. The van der Waals surface area contributed by atoms with Crippen LogP contribution >= 0.6 is 0 Å². The second kappa shape index (κ2) is 6.83. The van der Waals surface area contributed by atoms with Gasteiger partial charge in [0.1, 0.15) is 17.7 Å². The van der Waals surface area contributed by atoms with Crippen LogP contribution < -0.4 is 0 Å². The Morgan fingerprint density at radius 2 is 1.81 bits per heavy atom. The van der Waals surface area contributed by atoms with Gasteiger partial charge in [0.2, 0.25) is 0 Å². The largest absolute Gasteiger partial charge is 0.331 e. The van der Waals surface area contributed by atoms with Crippen molar-refractivity contribution in [3.05, 3.63) is 23.7 Å². The summed E-state index contributed by atoms with van der Waals surface area (Å²) in [6.07, 6.45) is 2.92. The molecule has 0 atom stereocenters. The number of hydrogen-bond donors (Lipinski definition) is 0. The number of fused-ring (bicyclic) bond motifs is 1. The third-order valence-electron chi connectivity index (χ3n) is 3.57. The molecule has 0 aliphatic rings. The monoisotopic (exact) mass is 282 g/mol. The van der Waals surface area contributed by atoms with E-state index in [0.717, 1.165) is 32.6 Å². The Morgan fingerprint density at radius 3 is 2.43 bits per heavy atom. The van der Waals surface area contributed by atoms with Crippen molar-refractivity contribution in [3.63, 3.8) is 0 Å². The van der Waals surface area contributed by atoms with E-state index in [-0.39, 0.29) is 11.4 Å². The van der Waals surface area contributed by atoms with Gasteiger partial charge >= 0.3 is 0 Å². The van der Waals surface area contributed by atoms with Gasteiger partial charge in [0.05, 0.1) is 0 Å². The predicted molar refractivity (Wildman–Crippen MR) is 79.4 cm³/mol. The van der Waals surface area contributed by atoms with Crippen molar-refractivity contribution in [1.82, 2.24) is 19.4 Å². The Morgan fingerprint density at radius 1 is 1.14 bits per heavy atom. The van der Waals surface area contributed by atoms with E-state index in [4.69, 9.17) is 10.5 Å². The fourth-order valence-corrected chi connectivity index (χ4v) is 2.33. The number of nitrogens with zero attached hydrogens (tertiary/aromatic N) is 6. The summed E-state index contributed by atoms with van der Waals surface area (Å²) in [7, 11) is 0. The van der Waals surface area contributed by atoms with Gasteiger partial charge in [-0.05, 0) is 32.1 Å². The number of hydrogen-bond acceptors (Lipinski definition) is 5. The maximum absolute atomic E-state index is 9.03. The molecule has 0 saturated heterocycles. The first-order valence-electron chi connectivity index (χ1n) is 7.12. The SMILES string of the molecule is CCN(CC)CCCn1ccc2nc(C#N)c(C#N)nc21. The van der Waals surface area contributed by atoms with Crippen molar-refractivity contribution in [2.24, 2.45) is 0 Å². The Bertz CT molecular complexity index is 699. The average Bonchev–Trinajstić information content (AvgIpc) is 2.92. The van der Waals surface area contributed by atoms with Gasteiger partial charge in [-0.25, -0.2) is 9.97 Å². The normalized spacial score (nSPS) is 10.7. The lowest BCUT2D eigenvalue weighted by Gasteiger charge is -2.17. The maximum atomic E-state index is 9.03. The van der Waals surface area contributed by atoms with E-state index in [2.05, 4.69) is 28.7 Å². The minimum absolute atomic E-state index is 0.0888. The van der Waals surface area contributed by atoms with Crippen LogP contribution in [0.2, 0.25) is 0 Å². The van der Waals surface area contributed by atoms with Crippen LogP contribution in [-0.2, 0) is 6.54 Å². The highest BCUT2D eigenvalue weighted by molar-refractivity contribution is 5.73. The van der Waals surface area contributed by atoms with Crippen LogP contribution in [0.15, 0.2) is 12.3 Å². The summed E-state index contributed by atoms with van der Waals surface area (Å²) in [6, 6.07) is 5.67. The lowest BCUT2D eigenvalue weighted by molar-refractivity contribution is 0.294. The quantitative estimate of drug-likeness (QED) is 0.808. The van der Waals surface area contributed by atoms with Crippen LogP contribution in [0, 0.1) is 22.7 Å². The number of rotatable bonds is 6. The fraction of sp³-hybridized carbons (Fsp3) is 0.467. The number of nitriles is 2. The number of aryl methyl sites for hydroxylation is 1. The fourth-order valence-electron chi connectivity index (χ4n) is 2.33. The van der Waals surface area contributed by atoms with Gasteiger partial charge in [-0.3, -0.25) is 0 Å². The summed E-state index contributed by atoms with van der Waals surface area (Å²) < 4.78 is 1.99. The average molecular weight is 282 g/mol. The van der Waals surface area contributed by atoms with Crippen molar-refractivity contribution in [2.75, 3.05) is 19.6 Å². The van der Waals surface area contributed by atoms with Gasteiger partial charge in [-0.2, -0.15) is 10.5 Å². The molecular formula is C15H18N6.